The summed E-state index contributed by atoms with van der Waals surface area (Å²) in [6.45, 7) is 0. The van der Waals surface area contributed by atoms with Gasteiger partial charge in [-0.1, -0.05) is 19.3 Å². The van der Waals surface area contributed by atoms with Crippen molar-refractivity contribution in [2.75, 3.05) is 0 Å². The highest BCUT2D eigenvalue weighted by atomic mass is 32.2. The van der Waals surface area contributed by atoms with Crippen LogP contribution in [0.2, 0.25) is 0 Å². The predicted molar refractivity (Wildman–Crippen MR) is 72.2 cm³/mol. The Morgan fingerprint density at radius 2 is 2.05 bits per heavy atom. The first kappa shape index (κ1) is 14.5. The molecule has 2 N–H and O–H groups in total. The standard InChI is InChI=1S/C12H16N2O3S2/c13-8-9-6-7-12(18-9)19(16,17)14-10-4-2-1-3-5-11(10)15/h6-7,10-11,14-15H,1-5H2. The number of thiophene rings is 1. The van der Waals surface area contributed by atoms with Gasteiger partial charge in [0, 0.05) is 6.04 Å². The predicted octanol–water partition coefficient (Wildman–Crippen LogP) is 1.59. The zero-order chi connectivity index (χ0) is 13.9. The zero-order valence-corrected chi connectivity index (χ0v) is 12.0. The molecule has 104 valence electrons. The van der Waals surface area contributed by atoms with Gasteiger partial charge in [0.2, 0.25) is 10.0 Å². The number of nitriles is 1. The molecule has 2 atom stereocenters. The van der Waals surface area contributed by atoms with Gasteiger partial charge in [0.25, 0.3) is 0 Å². The van der Waals surface area contributed by atoms with Crippen LogP contribution in [0.25, 0.3) is 0 Å². The minimum atomic E-state index is -3.64. The lowest BCUT2D eigenvalue weighted by Gasteiger charge is -2.21. The molecule has 0 radical (unpaired) electrons. The number of aliphatic hydroxyl groups excluding tert-OH is 1. The van der Waals surface area contributed by atoms with Crippen LogP contribution in [0.4, 0.5) is 0 Å². The normalized spacial score (nSPS) is 24.6. The van der Waals surface area contributed by atoms with Crippen LogP contribution in [0.15, 0.2) is 16.3 Å². The van der Waals surface area contributed by atoms with Crippen molar-refractivity contribution in [2.45, 2.75) is 48.5 Å². The second-order valence-corrected chi connectivity index (χ2v) is 7.69. The molecule has 2 unspecified atom stereocenters. The van der Waals surface area contributed by atoms with Crippen molar-refractivity contribution in [3.05, 3.63) is 17.0 Å². The number of hydrogen-bond acceptors (Lipinski definition) is 5. The summed E-state index contributed by atoms with van der Waals surface area (Å²) in [6, 6.07) is 4.40. The summed E-state index contributed by atoms with van der Waals surface area (Å²) in [4.78, 5) is 0.363. The Morgan fingerprint density at radius 3 is 2.74 bits per heavy atom. The van der Waals surface area contributed by atoms with E-state index in [0.717, 1.165) is 30.6 Å². The van der Waals surface area contributed by atoms with Crippen molar-refractivity contribution in [1.82, 2.24) is 4.72 Å². The molecule has 0 amide bonds. The number of rotatable bonds is 3. The van der Waals surface area contributed by atoms with Crippen LogP contribution in [0.1, 0.15) is 37.0 Å². The molecular formula is C12H16N2O3S2. The lowest BCUT2D eigenvalue weighted by Crippen LogP contribution is -2.42. The number of nitrogens with zero attached hydrogens (tertiary/aromatic N) is 1. The molecule has 1 aliphatic rings. The van der Waals surface area contributed by atoms with E-state index in [1.165, 1.54) is 12.1 Å². The summed E-state index contributed by atoms with van der Waals surface area (Å²) >= 11 is 0.942. The molecule has 0 aliphatic heterocycles. The fraction of sp³-hybridized carbons (Fsp3) is 0.583. The molecule has 5 nitrogen and oxygen atoms in total. The highest BCUT2D eigenvalue weighted by Crippen LogP contribution is 2.24. The summed E-state index contributed by atoms with van der Waals surface area (Å²) in [7, 11) is -3.64. The molecule has 0 bridgehead atoms. The Kier molecular flexibility index (Phi) is 4.58. The third-order valence-electron chi connectivity index (χ3n) is 3.24. The van der Waals surface area contributed by atoms with Crippen molar-refractivity contribution in [2.24, 2.45) is 0 Å². The van der Waals surface area contributed by atoms with E-state index in [0.29, 0.717) is 17.7 Å². The van der Waals surface area contributed by atoms with Crippen molar-refractivity contribution < 1.29 is 13.5 Å². The van der Waals surface area contributed by atoms with Gasteiger partial charge in [-0.2, -0.15) is 5.26 Å². The Labute approximate surface area is 116 Å². The Hall–Kier alpha value is -0.940. The number of nitrogens with one attached hydrogen (secondary N) is 1. The molecule has 19 heavy (non-hydrogen) atoms. The highest BCUT2D eigenvalue weighted by Gasteiger charge is 2.27. The van der Waals surface area contributed by atoms with E-state index in [-0.39, 0.29) is 4.21 Å². The van der Waals surface area contributed by atoms with Crippen LogP contribution in [0.3, 0.4) is 0 Å². The third-order valence-corrected chi connectivity index (χ3v) is 6.21. The minimum Gasteiger partial charge on any atom is -0.391 e. The first-order valence-corrected chi connectivity index (χ1v) is 8.53. The molecule has 1 aliphatic carbocycles. The van der Waals surface area contributed by atoms with Gasteiger partial charge >= 0.3 is 0 Å². The van der Waals surface area contributed by atoms with Gasteiger partial charge in [-0.05, 0) is 25.0 Å². The monoisotopic (exact) mass is 300 g/mol. The average molecular weight is 300 g/mol. The first-order valence-electron chi connectivity index (χ1n) is 6.23. The van der Waals surface area contributed by atoms with Gasteiger partial charge < -0.3 is 5.11 Å². The SMILES string of the molecule is N#Cc1ccc(S(=O)(=O)NC2CCCCCC2O)s1. The topological polar surface area (TPSA) is 90.2 Å². The molecule has 1 fully saturated rings. The largest absolute Gasteiger partial charge is 0.391 e. The summed E-state index contributed by atoms with van der Waals surface area (Å²) in [5.41, 5.74) is 0. The van der Waals surface area contributed by atoms with Crippen molar-refractivity contribution in [1.29, 1.82) is 5.26 Å². The van der Waals surface area contributed by atoms with Crippen LogP contribution < -0.4 is 4.72 Å². The van der Waals surface area contributed by atoms with Crippen LogP contribution in [-0.2, 0) is 10.0 Å². The van der Waals surface area contributed by atoms with E-state index in [2.05, 4.69) is 4.72 Å². The van der Waals surface area contributed by atoms with Crippen LogP contribution >= 0.6 is 11.3 Å². The molecule has 0 saturated heterocycles. The van der Waals surface area contributed by atoms with Gasteiger partial charge in [-0.15, -0.1) is 11.3 Å². The summed E-state index contributed by atoms with van der Waals surface area (Å²) in [6.07, 6.45) is 3.51. The second-order valence-electron chi connectivity index (χ2n) is 4.66. The van der Waals surface area contributed by atoms with Gasteiger partial charge in [-0.3, -0.25) is 0 Å². The molecule has 1 saturated carbocycles. The molecule has 1 aromatic rings. The third kappa shape index (κ3) is 3.54. The van der Waals surface area contributed by atoms with Crippen molar-refractivity contribution in [3.8, 4) is 6.07 Å². The molecule has 7 heteroatoms. The molecule has 1 aromatic heterocycles. The smallest absolute Gasteiger partial charge is 0.250 e. The summed E-state index contributed by atoms with van der Waals surface area (Å²) in [5.74, 6) is 0. The Morgan fingerprint density at radius 1 is 1.32 bits per heavy atom. The zero-order valence-electron chi connectivity index (χ0n) is 10.4. The maximum atomic E-state index is 12.2. The van der Waals surface area contributed by atoms with E-state index in [9.17, 15) is 13.5 Å². The fourth-order valence-corrected chi connectivity index (χ4v) is 4.63. The minimum absolute atomic E-state index is 0.125. The molecule has 0 spiro atoms. The average Bonchev–Trinajstić information content (AvgIpc) is 2.78. The molecule has 2 rings (SSSR count). The Bertz CT molecular complexity index is 574. The van der Waals surface area contributed by atoms with E-state index >= 15 is 0 Å². The van der Waals surface area contributed by atoms with Gasteiger partial charge in [-0.25, -0.2) is 13.1 Å². The van der Waals surface area contributed by atoms with E-state index in [1.807, 2.05) is 6.07 Å². The molecule has 1 heterocycles. The van der Waals surface area contributed by atoms with Crippen molar-refractivity contribution >= 4 is 21.4 Å². The lowest BCUT2D eigenvalue weighted by molar-refractivity contribution is 0.130. The second kappa shape index (κ2) is 6.01. The first-order chi connectivity index (χ1) is 9.03. The maximum absolute atomic E-state index is 12.2. The fourth-order valence-electron chi connectivity index (χ4n) is 2.21. The maximum Gasteiger partial charge on any atom is 0.250 e. The van der Waals surface area contributed by atoms with E-state index in [1.54, 1.807) is 0 Å². The number of sulfonamides is 1. The van der Waals surface area contributed by atoms with Gasteiger partial charge in [0.15, 0.2) is 0 Å². The Balaban J connectivity index is 2.14. The summed E-state index contributed by atoms with van der Waals surface area (Å²) < 4.78 is 27.0. The van der Waals surface area contributed by atoms with Crippen LogP contribution in [0.5, 0.6) is 0 Å². The number of aliphatic hydroxyl groups is 1. The summed E-state index contributed by atoms with van der Waals surface area (Å²) in [5, 5.41) is 18.7. The van der Waals surface area contributed by atoms with Crippen LogP contribution in [0, 0.1) is 11.3 Å². The van der Waals surface area contributed by atoms with E-state index in [4.69, 9.17) is 5.26 Å². The lowest BCUT2D eigenvalue weighted by atomic mass is 10.1. The van der Waals surface area contributed by atoms with E-state index < -0.39 is 22.2 Å². The highest BCUT2D eigenvalue weighted by molar-refractivity contribution is 7.91. The quantitative estimate of drug-likeness (QED) is 0.829. The van der Waals surface area contributed by atoms with Crippen LogP contribution in [-0.4, -0.2) is 25.7 Å². The van der Waals surface area contributed by atoms with Gasteiger partial charge in [0.05, 0.1) is 6.10 Å². The number of hydrogen-bond donors (Lipinski definition) is 2. The molecular weight excluding hydrogens is 284 g/mol. The molecule has 0 aromatic carbocycles. The van der Waals surface area contributed by atoms with Crippen molar-refractivity contribution in [3.63, 3.8) is 0 Å². The van der Waals surface area contributed by atoms with Gasteiger partial charge in [0.1, 0.15) is 15.2 Å².